The fourth-order valence-electron chi connectivity index (χ4n) is 3.52. The van der Waals surface area contributed by atoms with Crippen molar-refractivity contribution < 1.29 is 4.79 Å². The molecule has 0 saturated carbocycles. The minimum absolute atomic E-state index is 0.0141. The third-order valence-corrected chi connectivity index (χ3v) is 6.39. The molecular formula is C25H24N2OS. The van der Waals surface area contributed by atoms with Crippen LogP contribution in [-0.2, 0) is 6.54 Å². The third kappa shape index (κ3) is 3.81. The van der Waals surface area contributed by atoms with Gasteiger partial charge in [-0.15, -0.1) is 0 Å². The Hall–Kier alpha value is -2.98. The highest BCUT2D eigenvalue weighted by atomic mass is 32.1. The second kappa shape index (κ2) is 7.80. The number of carbonyl (C=O) groups excluding carboxylic acids is 1. The largest absolute Gasteiger partial charge is 0.279 e. The van der Waals surface area contributed by atoms with Gasteiger partial charge in [-0.1, -0.05) is 65.4 Å². The van der Waals surface area contributed by atoms with Crippen molar-refractivity contribution in [2.24, 2.45) is 0 Å². The SMILES string of the molecule is Cc1ccc(C(=O)N(Cc2ccccc2)c2nc3c(C)c(C)ccc3s2)c(C)c1. The van der Waals surface area contributed by atoms with E-state index in [2.05, 4.69) is 32.0 Å². The predicted molar refractivity (Wildman–Crippen MR) is 122 cm³/mol. The van der Waals surface area contributed by atoms with E-state index < -0.39 is 0 Å². The number of rotatable bonds is 4. The van der Waals surface area contributed by atoms with E-state index in [0.29, 0.717) is 6.54 Å². The molecule has 29 heavy (non-hydrogen) atoms. The van der Waals surface area contributed by atoms with E-state index in [1.165, 1.54) is 11.1 Å². The Kier molecular flexibility index (Phi) is 5.20. The van der Waals surface area contributed by atoms with Crippen LogP contribution in [-0.4, -0.2) is 10.9 Å². The molecule has 0 radical (unpaired) electrons. The fraction of sp³-hybridized carbons (Fsp3) is 0.200. The van der Waals surface area contributed by atoms with Crippen molar-refractivity contribution in [2.45, 2.75) is 34.2 Å². The van der Waals surface area contributed by atoms with E-state index in [9.17, 15) is 4.79 Å². The van der Waals surface area contributed by atoms with E-state index in [1.54, 1.807) is 11.3 Å². The lowest BCUT2D eigenvalue weighted by Crippen LogP contribution is -2.31. The minimum Gasteiger partial charge on any atom is -0.279 e. The molecule has 0 saturated heterocycles. The molecule has 0 aliphatic carbocycles. The van der Waals surface area contributed by atoms with Gasteiger partial charge in [0, 0.05) is 5.56 Å². The maximum Gasteiger partial charge on any atom is 0.260 e. The van der Waals surface area contributed by atoms with E-state index in [4.69, 9.17) is 4.98 Å². The Morgan fingerprint density at radius 3 is 2.41 bits per heavy atom. The fourth-order valence-corrected chi connectivity index (χ4v) is 4.54. The molecule has 0 spiro atoms. The van der Waals surface area contributed by atoms with Crippen LogP contribution in [0.2, 0.25) is 0 Å². The smallest absolute Gasteiger partial charge is 0.260 e. The maximum atomic E-state index is 13.6. The van der Waals surface area contributed by atoms with Crippen LogP contribution in [0.3, 0.4) is 0 Å². The van der Waals surface area contributed by atoms with E-state index in [0.717, 1.165) is 37.6 Å². The number of anilines is 1. The van der Waals surface area contributed by atoms with Crippen LogP contribution in [0.5, 0.6) is 0 Å². The third-order valence-electron chi connectivity index (χ3n) is 5.35. The molecule has 1 amide bonds. The Balaban J connectivity index is 1.82. The molecule has 0 aliphatic heterocycles. The summed E-state index contributed by atoms with van der Waals surface area (Å²) in [4.78, 5) is 20.3. The Morgan fingerprint density at radius 1 is 0.931 bits per heavy atom. The van der Waals surface area contributed by atoms with E-state index in [1.807, 2.05) is 61.2 Å². The van der Waals surface area contributed by atoms with Crippen molar-refractivity contribution in [3.8, 4) is 0 Å². The molecular weight excluding hydrogens is 376 g/mol. The molecule has 4 rings (SSSR count). The summed E-state index contributed by atoms with van der Waals surface area (Å²) < 4.78 is 1.11. The van der Waals surface area contributed by atoms with Gasteiger partial charge in [-0.2, -0.15) is 0 Å². The molecule has 0 N–H and O–H groups in total. The molecule has 0 aliphatic rings. The number of hydrogen-bond acceptors (Lipinski definition) is 3. The van der Waals surface area contributed by atoms with Crippen LogP contribution in [0.15, 0.2) is 60.7 Å². The average Bonchev–Trinajstić information content (AvgIpc) is 3.14. The van der Waals surface area contributed by atoms with Crippen LogP contribution < -0.4 is 4.90 Å². The Morgan fingerprint density at radius 2 is 1.69 bits per heavy atom. The molecule has 0 unspecified atom stereocenters. The first-order valence-electron chi connectivity index (χ1n) is 9.74. The summed E-state index contributed by atoms with van der Waals surface area (Å²) in [6, 6.07) is 20.3. The molecule has 3 nitrogen and oxygen atoms in total. The lowest BCUT2D eigenvalue weighted by atomic mass is 10.0. The quantitative estimate of drug-likeness (QED) is 0.398. The molecule has 4 aromatic rings. The zero-order valence-corrected chi connectivity index (χ0v) is 18.0. The molecule has 0 atom stereocenters. The van der Waals surface area contributed by atoms with E-state index in [-0.39, 0.29) is 5.91 Å². The molecule has 146 valence electrons. The number of fused-ring (bicyclic) bond motifs is 1. The van der Waals surface area contributed by atoms with Crippen LogP contribution in [0, 0.1) is 27.7 Å². The topological polar surface area (TPSA) is 33.2 Å². The van der Waals surface area contributed by atoms with E-state index >= 15 is 0 Å². The molecule has 0 fully saturated rings. The molecule has 3 aromatic carbocycles. The summed E-state index contributed by atoms with van der Waals surface area (Å²) in [5, 5.41) is 0.738. The number of nitrogens with zero attached hydrogens (tertiary/aromatic N) is 2. The normalized spacial score (nSPS) is 11.0. The highest BCUT2D eigenvalue weighted by Gasteiger charge is 2.23. The van der Waals surface area contributed by atoms with Gasteiger partial charge < -0.3 is 0 Å². The van der Waals surface area contributed by atoms with Crippen molar-refractivity contribution >= 4 is 32.6 Å². The molecule has 0 bridgehead atoms. The second-order valence-corrected chi connectivity index (χ2v) is 8.56. The zero-order chi connectivity index (χ0) is 20.5. The Labute approximate surface area is 175 Å². The maximum absolute atomic E-state index is 13.6. The summed E-state index contributed by atoms with van der Waals surface area (Å²) >= 11 is 1.57. The summed E-state index contributed by atoms with van der Waals surface area (Å²) in [5.41, 5.74) is 7.31. The van der Waals surface area contributed by atoms with Crippen LogP contribution >= 0.6 is 11.3 Å². The number of benzene rings is 3. The monoisotopic (exact) mass is 400 g/mol. The zero-order valence-electron chi connectivity index (χ0n) is 17.2. The van der Waals surface area contributed by atoms with Gasteiger partial charge in [-0.3, -0.25) is 9.69 Å². The lowest BCUT2D eigenvalue weighted by Gasteiger charge is -2.21. The molecule has 1 heterocycles. The van der Waals surface area contributed by atoms with Crippen molar-refractivity contribution in [1.82, 2.24) is 4.98 Å². The number of carbonyl (C=O) groups is 1. The molecule has 4 heteroatoms. The first kappa shape index (κ1) is 19.3. The summed E-state index contributed by atoms with van der Waals surface area (Å²) in [5.74, 6) is -0.0141. The van der Waals surface area contributed by atoms with Gasteiger partial charge in [-0.05, 0) is 62.1 Å². The van der Waals surface area contributed by atoms with Gasteiger partial charge in [0.15, 0.2) is 5.13 Å². The summed E-state index contributed by atoms with van der Waals surface area (Å²) in [6.45, 7) is 8.71. The van der Waals surface area contributed by atoms with Gasteiger partial charge in [-0.25, -0.2) is 4.98 Å². The number of aromatic nitrogens is 1. The average molecular weight is 401 g/mol. The summed E-state index contributed by atoms with van der Waals surface area (Å²) in [6.07, 6.45) is 0. The standard InChI is InChI=1S/C25H24N2OS/c1-16-10-12-21(18(3)14-16)24(28)27(15-20-8-6-5-7-9-20)25-26-23-19(4)17(2)11-13-22(23)29-25/h5-14H,15H2,1-4H3. The van der Waals surface area contributed by atoms with Crippen molar-refractivity contribution in [2.75, 3.05) is 4.90 Å². The van der Waals surface area contributed by atoms with Crippen molar-refractivity contribution in [1.29, 1.82) is 0 Å². The van der Waals surface area contributed by atoms with Gasteiger partial charge in [0.05, 0.1) is 16.8 Å². The highest BCUT2D eigenvalue weighted by Crippen LogP contribution is 2.33. The van der Waals surface area contributed by atoms with Crippen molar-refractivity contribution in [3.05, 3.63) is 94.0 Å². The van der Waals surface area contributed by atoms with Crippen LogP contribution in [0.1, 0.15) is 38.2 Å². The summed E-state index contributed by atoms with van der Waals surface area (Å²) in [7, 11) is 0. The molecule has 1 aromatic heterocycles. The Bertz CT molecular complexity index is 1190. The first-order valence-corrected chi connectivity index (χ1v) is 10.6. The number of aryl methyl sites for hydroxylation is 4. The lowest BCUT2D eigenvalue weighted by molar-refractivity contribution is 0.0984. The number of amides is 1. The van der Waals surface area contributed by atoms with Crippen LogP contribution in [0.25, 0.3) is 10.2 Å². The second-order valence-electron chi connectivity index (χ2n) is 7.55. The van der Waals surface area contributed by atoms with Gasteiger partial charge >= 0.3 is 0 Å². The highest BCUT2D eigenvalue weighted by molar-refractivity contribution is 7.22. The van der Waals surface area contributed by atoms with Gasteiger partial charge in [0.2, 0.25) is 0 Å². The first-order chi connectivity index (χ1) is 13.9. The minimum atomic E-state index is -0.0141. The number of thiazole rings is 1. The number of hydrogen-bond donors (Lipinski definition) is 0. The van der Waals surface area contributed by atoms with Gasteiger partial charge in [0.1, 0.15) is 0 Å². The van der Waals surface area contributed by atoms with Crippen LogP contribution in [0.4, 0.5) is 5.13 Å². The van der Waals surface area contributed by atoms with Gasteiger partial charge in [0.25, 0.3) is 5.91 Å². The van der Waals surface area contributed by atoms with Crippen molar-refractivity contribution in [3.63, 3.8) is 0 Å². The predicted octanol–water partition coefficient (Wildman–Crippen LogP) is 6.38.